The summed E-state index contributed by atoms with van der Waals surface area (Å²) in [5.41, 5.74) is 2.16. The van der Waals surface area contributed by atoms with E-state index < -0.39 is 0 Å². The van der Waals surface area contributed by atoms with E-state index in [1.165, 1.54) is 0 Å². The van der Waals surface area contributed by atoms with Gasteiger partial charge in [-0.05, 0) is 43.3 Å². The van der Waals surface area contributed by atoms with Gasteiger partial charge in [0, 0.05) is 49.0 Å². The highest BCUT2D eigenvalue weighted by molar-refractivity contribution is 5.99. The zero-order valence-electron chi connectivity index (χ0n) is 19.6. The van der Waals surface area contributed by atoms with Gasteiger partial charge in [-0.25, -0.2) is 4.79 Å². The number of rotatable bonds is 5. The van der Waals surface area contributed by atoms with Crippen molar-refractivity contribution in [2.24, 2.45) is 0 Å². The number of ether oxygens (including phenoxy) is 2. The third-order valence-corrected chi connectivity index (χ3v) is 5.87. The normalized spacial score (nSPS) is 18.3. The Hall–Kier alpha value is -3.83. The number of pyridine rings is 1. The number of carbonyl (C=O) groups excluding carboxylic acids is 1. The molecule has 182 valence electrons. The number of morpholine rings is 2. The first-order valence-electron chi connectivity index (χ1n) is 11.7. The summed E-state index contributed by atoms with van der Waals surface area (Å²) in [4.78, 5) is 34.9. The van der Waals surface area contributed by atoms with Crippen LogP contribution < -0.4 is 20.4 Å². The van der Waals surface area contributed by atoms with Gasteiger partial charge in [0.2, 0.25) is 11.9 Å². The van der Waals surface area contributed by atoms with E-state index in [9.17, 15) is 4.79 Å². The molecule has 0 unspecified atom stereocenters. The van der Waals surface area contributed by atoms with Crippen LogP contribution in [0.2, 0.25) is 0 Å². The van der Waals surface area contributed by atoms with Gasteiger partial charge in [-0.15, -0.1) is 0 Å². The van der Waals surface area contributed by atoms with Gasteiger partial charge >= 0.3 is 6.03 Å². The molecule has 1 aromatic carbocycles. The summed E-state index contributed by atoms with van der Waals surface area (Å²) >= 11 is 0. The van der Waals surface area contributed by atoms with Gasteiger partial charge in [-0.1, -0.05) is 0 Å². The number of benzene rings is 1. The molecule has 0 radical (unpaired) electrons. The number of urea groups is 1. The Morgan fingerprint density at radius 2 is 1.51 bits per heavy atom. The monoisotopic (exact) mass is 476 g/mol. The highest BCUT2D eigenvalue weighted by Crippen LogP contribution is 2.25. The van der Waals surface area contributed by atoms with Crippen molar-refractivity contribution in [2.75, 3.05) is 66.5 Å². The van der Waals surface area contributed by atoms with Gasteiger partial charge in [-0.3, -0.25) is 4.98 Å². The molecule has 2 aromatic heterocycles. The Bertz CT molecular complexity index is 1140. The van der Waals surface area contributed by atoms with Crippen LogP contribution in [0, 0.1) is 0 Å². The van der Waals surface area contributed by atoms with Gasteiger partial charge in [0.15, 0.2) is 5.82 Å². The third-order valence-electron chi connectivity index (χ3n) is 5.87. The molecule has 0 saturated carbocycles. The summed E-state index contributed by atoms with van der Waals surface area (Å²) in [5, 5.41) is 5.61. The summed E-state index contributed by atoms with van der Waals surface area (Å²) in [5.74, 6) is 1.88. The van der Waals surface area contributed by atoms with Crippen molar-refractivity contribution in [1.29, 1.82) is 0 Å². The van der Waals surface area contributed by atoms with E-state index >= 15 is 0 Å². The van der Waals surface area contributed by atoms with Crippen LogP contribution in [0.4, 0.5) is 28.1 Å². The Morgan fingerprint density at radius 1 is 0.857 bits per heavy atom. The Morgan fingerprint density at radius 3 is 2.23 bits per heavy atom. The minimum atomic E-state index is -0.331. The molecule has 2 aliphatic heterocycles. The zero-order chi connectivity index (χ0) is 24.0. The Balaban J connectivity index is 1.37. The number of nitrogens with zero attached hydrogens (tertiary/aromatic N) is 6. The van der Waals surface area contributed by atoms with Crippen LogP contribution in [0.25, 0.3) is 11.4 Å². The summed E-state index contributed by atoms with van der Waals surface area (Å²) in [6, 6.07) is 10.7. The van der Waals surface area contributed by atoms with Crippen LogP contribution in [0.3, 0.4) is 0 Å². The van der Waals surface area contributed by atoms with Gasteiger partial charge in [-0.2, -0.15) is 15.0 Å². The predicted molar refractivity (Wildman–Crippen MR) is 133 cm³/mol. The molecule has 35 heavy (non-hydrogen) atoms. The molecule has 2 saturated heterocycles. The number of carbonyl (C=O) groups is 1. The van der Waals surface area contributed by atoms with Crippen molar-refractivity contribution >= 4 is 29.3 Å². The maximum absolute atomic E-state index is 12.3. The van der Waals surface area contributed by atoms with Gasteiger partial charge in [0.25, 0.3) is 0 Å². The maximum atomic E-state index is 12.3. The summed E-state index contributed by atoms with van der Waals surface area (Å²) in [6.07, 6.45) is 3.24. The highest BCUT2D eigenvalue weighted by Gasteiger charge is 2.25. The topological polar surface area (TPSA) is 118 Å². The Kier molecular flexibility index (Phi) is 6.96. The van der Waals surface area contributed by atoms with Gasteiger partial charge in [0.1, 0.15) is 0 Å². The van der Waals surface area contributed by atoms with E-state index in [-0.39, 0.29) is 12.1 Å². The van der Waals surface area contributed by atoms with Crippen LogP contribution in [0.5, 0.6) is 0 Å². The van der Waals surface area contributed by atoms with Crippen molar-refractivity contribution < 1.29 is 14.3 Å². The van der Waals surface area contributed by atoms with Crippen LogP contribution in [0.1, 0.15) is 6.92 Å². The molecule has 3 aromatic rings. The summed E-state index contributed by atoms with van der Waals surface area (Å²) in [6.45, 7) is 6.86. The van der Waals surface area contributed by atoms with Crippen molar-refractivity contribution in [1.82, 2.24) is 19.9 Å². The van der Waals surface area contributed by atoms with Crippen molar-refractivity contribution in [2.45, 2.75) is 13.0 Å². The average Bonchev–Trinajstić information content (AvgIpc) is 2.90. The second-order valence-electron chi connectivity index (χ2n) is 8.37. The molecule has 5 rings (SSSR count). The van der Waals surface area contributed by atoms with E-state index in [0.717, 1.165) is 25.2 Å². The summed E-state index contributed by atoms with van der Waals surface area (Å²) < 4.78 is 11.1. The van der Waals surface area contributed by atoms with Crippen molar-refractivity contribution in [3.8, 4) is 11.4 Å². The molecular formula is C24H28N8O3. The van der Waals surface area contributed by atoms with Gasteiger partial charge in [0.05, 0.1) is 32.5 Å². The molecule has 2 N–H and O–H groups in total. The lowest BCUT2D eigenvalue weighted by Gasteiger charge is -2.34. The molecule has 0 aliphatic carbocycles. The maximum Gasteiger partial charge on any atom is 0.323 e. The number of hydrogen-bond donors (Lipinski definition) is 2. The number of anilines is 4. The first-order valence-corrected chi connectivity index (χ1v) is 11.7. The van der Waals surface area contributed by atoms with E-state index in [1.807, 2.05) is 24.3 Å². The van der Waals surface area contributed by atoms with Crippen LogP contribution in [-0.4, -0.2) is 78.1 Å². The molecule has 2 fully saturated rings. The van der Waals surface area contributed by atoms with Crippen LogP contribution in [0.15, 0.2) is 48.8 Å². The average molecular weight is 477 g/mol. The molecular weight excluding hydrogens is 448 g/mol. The first-order chi connectivity index (χ1) is 17.2. The lowest BCUT2D eigenvalue weighted by atomic mass is 10.2. The molecule has 4 heterocycles. The molecule has 0 bridgehead atoms. The van der Waals surface area contributed by atoms with Crippen LogP contribution >= 0.6 is 0 Å². The van der Waals surface area contributed by atoms with E-state index in [4.69, 9.17) is 24.4 Å². The summed E-state index contributed by atoms with van der Waals surface area (Å²) in [7, 11) is 0. The van der Waals surface area contributed by atoms with E-state index in [1.54, 1.807) is 24.5 Å². The molecule has 11 heteroatoms. The fourth-order valence-electron chi connectivity index (χ4n) is 3.97. The molecule has 2 amide bonds. The second kappa shape index (κ2) is 10.6. The number of amides is 2. The second-order valence-corrected chi connectivity index (χ2v) is 8.37. The third kappa shape index (κ3) is 5.64. The van der Waals surface area contributed by atoms with Crippen molar-refractivity contribution in [3.63, 3.8) is 0 Å². The minimum absolute atomic E-state index is 0.169. The SMILES string of the molecule is C[C@H]1COCCN1c1nc(-c2ccc(NC(=O)Nc3ccncc3)cc2)nc(N2CCOCC2)n1. The number of nitrogens with one attached hydrogen (secondary N) is 2. The van der Waals surface area contributed by atoms with Gasteiger partial charge < -0.3 is 29.9 Å². The first kappa shape index (κ1) is 22.9. The lowest BCUT2D eigenvalue weighted by molar-refractivity contribution is 0.0980. The predicted octanol–water partition coefficient (Wildman–Crippen LogP) is 2.64. The van der Waals surface area contributed by atoms with Crippen molar-refractivity contribution in [3.05, 3.63) is 48.8 Å². The fraction of sp³-hybridized carbons (Fsp3) is 0.375. The molecule has 11 nitrogen and oxygen atoms in total. The fourth-order valence-corrected chi connectivity index (χ4v) is 3.97. The van der Waals surface area contributed by atoms with E-state index in [2.05, 4.69) is 32.3 Å². The smallest absolute Gasteiger partial charge is 0.323 e. The van der Waals surface area contributed by atoms with E-state index in [0.29, 0.717) is 55.5 Å². The molecule has 2 aliphatic rings. The number of hydrogen-bond acceptors (Lipinski definition) is 9. The van der Waals surface area contributed by atoms with Crippen LogP contribution in [-0.2, 0) is 9.47 Å². The largest absolute Gasteiger partial charge is 0.378 e. The minimum Gasteiger partial charge on any atom is -0.378 e. The standard InChI is InChI=1S/C24H28N8O3/c1-17-16-35-15-12-32(17)23-29-21(28-22(30-23)31-10-13-34-14-11-31)18-2-4-19(5-3-18)26-24(33)27-20-6-8-25-9-7-20/h2-9,17H,10-16H2,1H3,(H2,25,26,27,33)/t17-/m0/s1. The molecule has 0 spiro atoms. The Labute approximate surface area is 203 Å². The lowest BCUT2D eigenvalue weighted by Crippen LogP contribution is -2.45. The quantitative estimate of drug-likeness (QED) is 0.573. The number of aromatic nitrogens is 4. The molecule has 1 atom stereocenters. The highest BCUT2D eigenvalue weighted by atomic mass is 16.5. The zero-order valence-corrected chi connectivity index (χ0v) is 19.6.